The molecule has 0 bridgehead atoms. The molecule has 7 rings (SSSR count). The highest BCUT2D eigenvalue weighted by Gasteiger charge is 2.48. The molecule has 2 N–H and O–H groups in total. The number of hydrogen-bond acceptors (Lipinski definition) is 12. The van der Waals surface area contributed by atoms with Gasteiger partial charge in [-0.3, -0.25) is 14.6 Å². The van der Waals surface area contributed by atoms with Crippen LogP contribution in [-0.2, 0) is 24.6 Å². The van der Waals surface area contributed by atoms with Crippen molar-refractivity contribution >= 4 is 101 Å². The Morgan fingerprint density at radius 2 is 1.50 bits per heavy atom. The number of piperazine rings is 2. The number of hydrogen-bond donors (Lipinski definition) is 2. The topological polar surface area (TPSA) is 153 Å². The highest BCUT2D eigenvalue weighted by atomic mass is 35.6. The van der Waals surface area contributed by atoms with Crippen LogP contribution in [0, 0.1) is 12.0 Å². The summed E-state index contributed by atoms with van der Waals surface area (Å²) in [4.78, 5) is 36.2. The van der Waals surface area contributed by atoms with E-state index in [1.54, 1.807) is 12.1 Å². The van der Waals surface area contributed by atoms with Gasteiger partial charge in [-0.1, -0.05) is 96.7 Å². The first-order chi connectivity index (χ1) is 34.9. The smallest absolute Gasteiger partial charge is 0.445 e. The Bertz CT molecular complexity index is 2930. The molecule has 2 heterocycles. The summed E-state index contributed by atoms with van der Waals surface area (Å²) in [5.74, 6) is -0.796. The number of halogens is 6. The summed E-state index contributed by atoms with van der Waals surface area (Å²) in [5, 5.41) is 2.96. The molecule has 14 nitrogen and oxygen atoms in total. The molecule has 3 aliphatic rings. The largest absolute Gasteiger partial charge is 0.501 e. The van der Waals surface area contributed by atoms with Crippen molar-refractivity contribution in [3.05, 3.63) is 125 Å². The summed E-state index contributed by atoms with van der Waals surface area (Å²) < 4.78 is 102. The highest BCUT2D eigenvalue weighted by molar-refractivity contribution is 7.99. The molecule has 0 spiro atoms. The van der Waals surface area contributed by atoms with Crippen molar-refractivity contribution in [2.75, 3.05) is 88.0 Å². The Hall–Kier alpha value is -4.72. The van der Waals surface area contributed by atoms with E-state index < -0.39 is 69.3 Å². The molecule has 2 saturated heterocycles. The molecular formula is C51H57Cl3F3N7O7S3. The number of anilines is 2. The van der Waals surface area contributed by atoms with Gasteiger partial charge in [0.25, 0.3) is 25.8 Å². The first kappa shape index (κ1) is 57.0. The highest BCUT2D eigenvalue weighted by Crippen LogP contribution is 2.43. The average molecular weight is 1140 g/mol. The van der Waals surface area contributed by atoms with Crippen LogP contribution >= 0.6 is 46.6 Å². The van der Waals surface area contributed by atoms with Crippen LogP contribution in [0.1, 0.15) is 55.5 Å². The zero-order valence-corrected chi connectivity index (χ0v) is 45.4. The van der Waals surface area contributed by atoms with Gasteiger partial charge >= 0.3 is 11.6 Å². The number of sulfone groups is 1. The van der Waals surface area contributed by atoms with Crippen molar-refractivity contribution in [1.29, 1.82) is 0 Å². The minimum atomic E-state index is -6.14. The standard InChI is InChI=1S/C51H57Cl3F3N7O7S3/c1-49(2)21-19-44(36-9-13-39(58-3)14-10-36)38(32-49)33-62-25-27-63(28-26-62)41-15-11-37(12-16-41)47(65)60-74(69,70)43-17-18-45(46(31-43)73(67,68)51(55,56)57)59-40(34-72-42-7-5-4-6-8-42)20-22-61-23-29-64(30-24-61)48(66)71-35-50(52,53)54/h4-18,31,40,59H,19-30,32-35H2,1-2H3,(H,60,65)/t40-/m1/s1. The van der Waals surface area contributed by atoms with Gasteiger partial charge in [0.15, 0.2) is 5.69 Å². The number of ether oxygens (including phenoxy) is 1. The Morgan fingerprint density at radius 1 is 0.851 bits per heavy atom. The lowest BCUT2D eigenvalue weighted by molar-refractivity contribution is -0.0436. The van der Waals surface area contributed by atoms with Gasteiger partial charge in [0.05, 0.1) is 17.2 Å². The third-order valence-electron chi connectivity index (χ3n) is 13.2. The number of alkyl halides is 6. The van der Waals surface area contributed by atoms with Crippen LogP contribution in [0.2, 0.25) is 0 Å². The minimum Gasteiger partial charge on any atom is -0.445 e. The first-order valence-electron chi connectivity index (χ1n) is 23.8. The minimum absolute atomic E-state index is 0.0404. The lowest BCUT2D eigenvalue weighted by Crippen LogP contribution is -2.49. The zero-order chi connectivity index (χ0) is 53.5. The summed E-state index contributed by atoms with van der Waals surface area (Å²) in [7, 11) is -11.1. The van der Waals surface area contributed by atoms with Crippen molar-refractivity contribution in [2.24, 2.45) is 5.41 Å². The lowest BCUT2D eigenvalue weighted by atomic mass is 9.72. The summed E-state index contributed by atoms with van der Waals surface area (Å²) >= 11 is 18.5. The SMILES string of the molecule is [C-]#[N+]c1ccc(C2=C(CN3CCN(c4ccc(C(=O)NS(=O)(=O)c5ccc(N[C@H](CCN6CCN(C(=O)OCC(Cl)(Cl)Cl)CC6)CSc6ccccc6)c(S(=O)(=O)C(F)(F)F)c5)cc4)CC3)CC(C)(C)CC2)cc1. The van der Waals surface area contributed by atoms with Gasteiger partial charge in [-0.15, -0.1) is 11.8 Å². The second-order valence-corrected chi connectivity index (χ2v) is 26.4. The van der Waals surface area contributed by atoms with E-state index >= 15 is 0 Å². The van der Waals surface area contributed by atoms with E-state index in [9.17, 15) is 39.6 Å². The maximum absolute atomic E-state index is 14.3. The molecule has 0 radical (unpaired) electrons. The molecule has 2 fully saturated rings. The predicted molar refractivity (Wildman–Crippen MR) is 286 cm³/mol. The number of nitrogens with zero attached hydrogens (tertiary/aromatic N) is 5. The molecule has 0 unspecified atom stereocenters. The van der Waals surface area contributed by atoms with E-state index in [4.69, 9.17) is 46.1 Å². The van der Waals surface area contributed by atoms with Crippen LogP contribution in [0.15, 0.2) is 117 Å². The fourth-order valence-electron chi connectivity index (χ4n) is 9.14. The Balaban J connectivity index is 1.00. The molecule has 1 aliphatic carbocycles. The molecule has 23 heteroatoms. The lowest BCUT2D eigenvalue weighted by Gasteiger charge is -2.39. The number of thioether (sulfide) groups is 1. The quantitative estimate of drug-likeness (QED) is 0.0588. The fraction of sp³-hybridized carbons (Fsp3) is 0.431. The van der Waals surface area contributed by atoms with E-state index in [2.05, 4.69) is 33.8 Å². The average Bonchev–Trinajstić information content (AvgIpc) is 3.36. The van der Waals surface area contributed by atoms with E-state index in [1.807, 2.05) is 64.2 Å². The number of benzene rings is 4. The molecule has 0 aromatic heterocycles. The third-order valence-corrected chi connectivity index (χ3v) is 17.6. The van der Waals surface area contributed by atoms with Crippen molar-refractivity contribution < 1.29 is 44.3 Å². The van der Waals surface area contributed by atoms with E-state index in [0.717, 1.165) is 67.2 Å². The number of carbonyl (C=O) groups excluding carboxylic acids is 2. The van der Waals surface area contributed by atoms with Crippen LogP contribution in [0.3, 0.4) is 0 Å². The Morgan fingerprint density at radius 3 is 2.12 bits per heavy atom. The number of rotatable bonds is 17. The Labute approximate surface area is 450 Å². The van der Waals surface area contributed by atoms with Crippen LogP contribution in [-0.4, -0.2) is 137 Å². The van der Waals surface area contributed by atoms with Crippen LogP contribution < -0.4 is 14.9 Å². The second kappa shape index (κ2) is 24.1. The van der Waals surface area contributed by atoms with Gasteiger partial charge in [-0.2, -0.15) is 13.2 Å². The molecule has 4 aromatic carbocycles. The van der Waals surface area contributed by atoms with Gasteiger partial charge in [-0.25, -0.2) is 31.2 Å². The fourth-order valence-corrected chi connectivity index (χ4v) is 12.3. The molecule has 1 atom stereocenters. The molecular weight excluding hydrogens is 1080 g/mol. The molecule has 74 heavy (non-hydrogen) atoms. The van der Waals surface area contributed by atoms with Gasteiger partial charge in [0.2, 0.25) is 3.79 Å². The third kappa shape index (κ3) is 15.2. The van der Waals surface area contributed by atoms with Crippen LogP contribution in [0.4, 0.5) is 35.0 Å². The molecule has 2 aliphatic heterocycles. The molecule has 4 aromatic rings. The van der Waals surface area contributed by atoms with Crippen LogP contribution in [0.5, 0.6) is 0 Å². The van der Waals surface area contributed by atoms with Crippen molar-refractivity contribution in [3.8, 4) is 0 Å². The van der Waals surface area contributed by atoms with Crippen molar-refractivity contribution in [3.63, 3.8) is 0 Å². The maximum atomic E-state index is 14.3. The molecule has 2 amide bonds. The van der Waals surface area contributed by atoms with Crippen molar-refractivity contribution in [1.82, 2.24) is 19.4 Å². The number of amides is 2. The number of nitrogens with one attached hydrogen (secondary N) is 2. The second-order valence-electron chi connectivity index (χ2n) is 19.2. The molecule has 0 saturated carbocycles. The number of sulfonamides is 1. The predicted octanol–water partition coefficient (Wildman–Crippen LogP) is 10.5. The number of allylic oxidation sites excluding steroid dienone is 1. The zero-order valence-electron chi connectivity index (χ0n) is 40.7. The Kier molecular flexibility index (Phi) is 18.6. The monoisotopic (exact) mass is 1140 g/mol. The molecule has 398 valence electrons. The summed E-state index contributed by atoms with van der Waals surface area (Å²) in [6, 6.07) is 24.9. The van der Waals surface area contributed by atoms with E-state index in [1.165, 1.54) is 39.9 Å². The van der Waals surface area contributed by atoms with Crippen molar-refractivity contribution in [2.45, 2.75) is 69.6 Å². The van der Waals surface area contributed by atoms with Gasteiger partial charge < -0.3 is 19.9 Å². The van der Waals surface area contributed by atoms with Gasteiger partial charge in [-0.05, 0) is 96.8 Å². The van der Waals surface area contributed by atoms with E-state index in [-0.39, 0.29) is 29.8 Å². The van der Waals surface area contributed by atoms with E-state index in [0.29, 0.717) is 50.9 Å². The first-order valence-corrected chi connectivity index (χ1v) is 28.9. The van der Waals surface area contributed by atoms with Gasteiger partial charge in [0, 0.05) is 93.4 Å². The van der Waals surface area contributed by atoms with Crippen LogP contribution in [0.25, 0.3) is 10.4 Å². The maximum Gasteiger partial charge on any atom is 0.501 e. The summed E-state index contributed by atoms with van der Waals surface area (Å²) in [6.07, 6.45) is 2.67. The number of carbonyl (C=O) groups is 2. The summed E-state index contributed by atoms with van der Waals surface area (Å²) in [5.41, 5.74) is -0.820. The van der Waals surface area contributed by atoms with Gasteiger partial charge in [0.1, 0.15) is 11.5 Å². The summed E-state index contributed by atoms with van der Waals surface area (Å²) in [6.45, 7) is 17.1. The normalized spacial score (nSPS) is 17.6.